The Morgan fingerprint density at radius 2 is 1.94 bits per heavy atom. The first kappa shape index (κ1) is 14.2. The van der Waals surface area contributed by atoms with E-state index in [1.54, 1.807) is 0 Å². The van der Waals surface area contributed by atoms with E-state index in [9.17, 15) is 30.3 Å². The Hall–Kier alpha value is -0.830. The lowest BCUT2D eigenvalue weighted by Crippen LogP contribution is -2.66. The molecule has 1 heterocycles. The van der Waals surface area contributed by atoms with E-state index in [1.807, 2.05) is 0 Å². The van der Waals surface area contributed by atoms with Crippen LogP contribution in [-0.4, -0.2) is 67.6 Å². The molecule has 7 heteroatoms. The zero-order chi connectivity index (χ0) is 13.4. The minimum absolute atomic E-state index is 0.826. The van der Waals surface area contributed by atoms with E-state index in [0.717, 1.165) is 13.0 Å². The van der Waals surface area contributed by atoms with Crippen LogP contribution < -0.4 is 0 Å². The fourth-order valence-electron chi connectivity index (χ4n) is 1.65. The Morgan fingerprint density at radius 3 is 2.41 bits per heavy atom. The van der Waals surface area contributed by atoms with Crippen LogP contribution in [0.15, 0.2) is 12.7 Å². The predicted octanol–water partition coefficient (Wildman–Crippen LogP) is -2.71. The quantitative estimate of drug-likeness (QED) is 0.344. The van der Waals surface area contributed by atoms with E-state index in [4.69, 9.17) is 4.74 Å². The number of ketones is 1. The number of hydrogen-bond donors (Lipinski definition) is 5. The van der Waals surface area contributed by atoms with Crippen molar-refractivity contribution in [3.05, 3.63) is 12.7 Å². The van der Waals surface area contributed by atoms with Crippen LogP contribution in [0.1, 0.15) is 6.92 Å². The SMILES string of the molecule is C=CC(=O)C(O)[C@H]1OC(C)(O)[C@H](O)[C@@H](O)[C@@H]1O. The lowest BCUT2D eigenvalue weighted by molar-refractivity contribution is -0.346. The second-order valence-electron chi connectivity index (χ2n) is 4.11. The number of aliphatic hydroxyl groups is 5. The molecule has 6 atom stereocenters. The van der Waals surface area contributed by atoms with Crippen LogP contribution in [-0.2, 0) is 9.53 Å². The first-order valence-corrected chi connectivity index (χ1v) is 5.01. The molecule has 0 aromatic heterocycles. The van der Waals surface area contributed by atoms with Crippen molar-refractivity contribution in [2.45, 2.75) is 43.2 Å². The molecule has 1 aliphatic heterocycles. The normalized spacial score (nSPS) is 44.1. The maximum atomic E-state index is 11.2. The highest BCUT2D eigenvalue weighted by Crippen LogP contribution is 2.29. The van der Waals surface area contributed by atoms with Gasteiger partial charge in [-0.05, 0) is 13.0 Å². The van der Waals surface area contributed by atoms with Crippen molar-refractivity contribution in [3.8, 4) is 0 Å². The molecule has 1 fully saturated rings. The smallest absolute Gasteiger partial charge is 0.192 e. The molecule has 2 unspecified atom stereocenters. The maximum Gasteiger partial charge on any atom is 0.192 e. The number of rotatable bonds is 3. The van der Waals surface area contributed by atoms with Crippen molar-refractivity contribution >= 4 is 5.78 Å². The van der Waals surface area contributed by atoms with Gasteiger partial charge in [-0.1, -0.05) is 6.58 Å². The zero-order valence-electron chi connectivity index (χ0n) is 9.22. The summed E-state index contributed by atoms with van der Waals surface area (Å²) in [5.74, 6) is -3.00. The molecule has 0 aromatic rings. The van der Waals surface area contributed by atoms with Crippen LogP contribution in [0.3, 0.4) is 0 Å². The number of carbonyl (C=O) groups is 1. The van der Waals surface area contributed by atoms with Gasteiger partial charge in [0.1, 0.15) is 30.5 Å². The van der Waals surface area contributed by atoms with Gasteiger partial charge in [0.05, 0.1) is 0 Å². The van der Waals surface area contributed by atoms with E-state index in [1.165, 1.54) is 0 Å². The zero-order valence-corrected chi connectivity index (χ0v) is 9.22. The molecule has 0 spiro atoms. The Balaban J connectivity index is 2.93. The minimum Gasteiger partial charge on any atom is -0.387 e. The van der Waals surface area contributed by atoms with Crippen molar-refractivity contribution in [1.82, 2.24) is 0 Å². The number of ether oxygens (including phenoxy) is 1. The van der Waals surface area contributed by atoms with E-state index >= 15 is 0 Å². The first-order valence-electron chi connectivity index (χ1n) is 5.01. The molecular formula is C10H16O7. The van der Waals surface area contributed by atoms with E-state index in [-0.39, 0.29) is 0 Å². The summed E-state index contributed by atoms with van der Waals surface area (Å²) < 4.78 is 4.83. The highest BCUT2D eigenvalue weighted by Gasteiger charge is 2.52. The summed E-state index contributed by atoms with van der Waals surface area (Å²) >= 11 is 0. The lowest BCUT2D eigenvalue weighted by Gasteiger charge is -2.45. The summed E-state index contributed by atoms with van der Waals surface area (Å²) in [4.78, 5) is 11.2. The summed E-state index contributed by atoms with van der Waals surface area (Å²) in [5.41, 5.74) is 0. The molecular weight excluding hydrogens is 232 g/mol. The van der Waals surface area contributed by atoms with Crippen LogP contribution in [0.25, 0.3) is 0 Å². The molecule has 98 valence electrons. The van der Waals surface area contributed by atoms with Gasteiger partial charge >= 0.3 is 0 Å². The number of carbonyl (C=O) groups excluding carboxylic acids is 1. The van der Waals surface area contributed by atoms with Gasteiger partial charge in [0.2, 0.25) is 0 Å². The molecule has 0 radical (unpaired) electrons. The average molecular weight is 248 g/mol. The Bertz CT molecular complexity index is 314. The molecule has 0 bridgehead atoms. The molecule has 0 amide bonds. The summed E-state index contributed by atoms with van der Waals surface area (Å²) in [6, 6.07) is 0. The van der Waals surface area contributed by atoms with Crippen molar-refractivity contribution in [3.63, 3.8) is 0 Å². The van der Waals surface area contributed by atoms with Gasteiger partial charge in [0, 0.05) is 0 Å². The third-order valence-electron chi connectivity index (χ3n) is 2.74. The topological polar surface area (TPSA) is 127 Å². The Morgan fingerprint density at radius 1 is 1.41 bits per heavy atom. The fourth-order valence-corrected chi connectivity index (χ4v) is 1.65. The molecule has 0 aromatic carbocycles. The summed E-state index contributed by atoms with van der Waals surface area (Å²) in [6.07, 6.45) is -7.70. The minimum atomic E-state index is -2.17. The highest BCUT2D eigenvalue weighted by molar-refractivity contribution is 5.93. The number of hydrogen-bond acceptors (Lipinski definition) is 7. The Kier molecular flexibility index (Phi) is 4.03. The van der Waals surface area contributed by atoms with Gasteiger partial charge in [-0.15, -0.1) is 0 Å². The third kappa shape index (κ3) is 2.54. The standard InChI is InChI=1S/C10H16O7/c1-3-4(11)5(12)8-6(13)7(14)9(15)10(2,16)17-8/h3,5-9,12-16H,1H2,2H3/t5?,6-,7-,8+,9+,10?/m0/s1. The molecule has 1 aliphatic rings. The molecule has 17 heavy (non-hydrogen) atoms. The van der Waals surface area contributed by atoms with E-state index in [2.05, 4.69) is 6.58 Å². The van der Waals surface area contributed by atoms with Crippen molar-refractivity contribution in [2.24, 2.45) is 0 Å². The summed E-state index contributed by atoms with van der Waals surface area (Å²) in [6.45, 7) is 4.20. The van der Waals surface area contributed by atoms with Gasteiger partial charge in [-0.2, -0.15) is 0 Å². The number of aliphatic hydroxyl groups excluding tert-OH is 4. The van der Waals surface area contributed by atoms with Gasteiger partial charge in [-0.25, -0.2) is 0 Å². The van der Waals surface area contributed by atoms with Gasteiger partial charge < -0.3 is 30.3 Å². The van der Waals surface area contributed by atoms with E-state index in [0.29, 0.717) is 0 Å². The molecule has 1 saturated heterocycles. The molecule has 7 nitrogen and oxygen atoms in total. The van der Waals surface area contributed by atoms with Crippen LogP contribution >= 0.6 is 0 Å². The average Bonchev–Trinajstić information content (AvgIpc) is 2.29. The van der Waals surface area contributed by atoms with Crippen LogP contribution in [0.4, 0.5) is 0 Å². The largest absolute Gasteiger partial charge is 0.387 e. The first-order chi connectivity index (χ1) is 7.72. The molecule has 0 saturated carbocycles. The van der Waals surface area contributed by atoms with Crippen molar-refractivity contribution in [1.29, 1.82) is 0 Å². The second kappa shape index (κ2) is 4.81. The van der Waals surface area contributed by atoms with Crippen LogP contribution in [0.5, 0.6) is 0 Å². The Labute approximate surface area is 97.6 Å². The lowest BCUT2D eigenvalue weighted by atomic mass is 9.90. The van der Waals surface area contributed by atoms with Gasteiger partial charge in [0.25, 0.3) is 0 Å². The maximum absolute atomic E-state index is 11.2. The molecule has 1 rings (SSSR count). The van der Waals surface area contributed by atoms with E-state index < -0.39 is 42.1 Å². The predicted molar refractivity (Wildman–Crippen MR) is 54.7 cm³/mol. The van der Waals surface area contributed by atoms with Crippen LogP contribution in [0, 0.1) is 0 Å². The monoisotopic (exact) mass is 248 g/mol. The molecule has 5 N–H and O–H groups in total. The van der Waals surface area contributed by atoms with Gasteiger partial charge in [-0.3, -0.25) is 4.79 Å². The van der Waals surface area contributed by atoms with Crippen LogP contribution in [0.2, 0.25) is 0 Å². The fraction of sp³-hybridized carbons (Fsp3) is 0.700. The highest BCUT2D eigenvalue weighted by atomic mass is 16.7. The van der Waals surface area contributed by atoms with Crippen molar-refractivity contribution < 1.29 is 35.1 Å². The molecule has 0 aliphatic carbocycles. The second-order valence-corrected chi connectivity index (χ2v) is 4.11. The summed E-state index contributed by atoms with van der Waals surface area (Å²) in [7, 11) is 0. The van der Waals surface area contributed by atoms with Crippen molar-refractivity contribution in [2.75, 3.05) is 0 Å². The third-order valence-corrected chi connectivity index (χ3v) is 2.74. The summed E-state index contributed by atoms with van der Waals surface area (Å²) in [5, 5.41) is 47.6. The van der Waals surface area contributed by atoms with Gasteiger partial charge in [0.15, 0.2) is 11.6 Å².